The molecule has 3 rings (SSSR count). The third-order valence-electron chi connectivity index (χ3n) is 3.48. The van der Waals surface area contributed by atoms with Crippen molar-refractivity contribution >= 4 is 49.1 Å². The fourth-order valence-electron chi connectivity index (χ4n) is 2.35. The number of carbonyl (C=O) groups is 1. The van der Waals surface area contributed by atoms with Gasteiger partial charge in [0.05, 0.1) is 21.7 Å². The third kappa shape index (κ3) is 3.98. The number of esters is 1. The Labute approximate surface area is 159 Å². The van der Waals surface area contributed by atoms with E-state index in [-0.39, 0.29) is 22.8 Å². The summed E-state index contributed by atoms with van der Waals surface area (Å²) < 4.78 is 36.4. The second kappa shape index (κ2) is 7.61. The molecule has 0 aliphatic heterocycles. The molecule has 0 N–H and O–H groups in total. The predicted molar refractivity (Wildman–Crippen MR) is 101 cm³/mol. The molecule has 0 fully saturated rings. The van der Waals surface area contributed by atoms with Crippen LogP contribution in [0.1, 0.15) is 6.92 Å². The summed E-state index contributed by atoms with van der Waals surface area (Å²) in [4.78, 5) is 12.2. The smallest absolute Gasteiger partial charge is 0.326 e. The number of aromatic nitrogens is 1. The zero-order valence-electron chi connectivity index (χ0n) is 13.8. The van der Waals surface area contributed by atoms with Crippen molar-refractivity contribution in [2.45, 2.75) is 18.4 Å². The van der Waals surface area contributed by atoms with Crippen LogP contribution in [0.3, 0.4) is 0 Å². The van der Waals surface area contributed by atoms with Crippen LogP contribution in [0.4, 0.5) is 0 Å². The average molecular weight is 411 g/mol. The van der Waals surface area contributed by atoms with Crippen LogP contribution in [-0.4, -0.2) is 25.6 Å². The van der Waals surface area contributed by atoms with Crippen molar-refractivity contribution in [2.24, 2.45) is 4.40 Å². The van der Waals surface area contributed by atoms with Gasteiger partial charge in [0.25, 0.3) is 10.0 Å². The van der Waals surface area contributed by atoms with Crippen LogP contribution in [-0.2, 0) is 26.1 Å². The quantitative estimate of drug-likeness (QED) is 0.605. The molecular formula is C17H15ClN2O4S2. The van der Waals surface area contributed by atoms with Crippen LogP contribution in [0, 0.1) is 0 Å². The van der Waals surface area contributed by atoms with Crippen molar-refractivity contribution in [3.8, 4) is 0 Å². The molecule has 0 bridgehead atoms. The summed E-state index contributed by atoms with van der Waals surface area (Å²) in [6.45, 7) is 1.81. The molecule has 0 aliphatic carbocycles. The molecule has 26 heavy (non-hydrogen) atoms. The molecular weight excluding hydrogens is 396 g/mol. The summed E-state index contributed by atoms with van der Waals surface area (Å²) >= 11 is 7.17. The van der Waals surface area contributed by atoms with Gasteiger partial charge in [-0.3, -0.25) is 4.79 Å². The average Bonchev–Trinajstić information content (AvgIpc) is 2.91. The minimum absolute atomic E-state index is 0.0816. The number of hydrogen-bond acceptors (Lipinski definition) is 5. The van der Waals surface area contributed by atoms with Crippen molar-refractivity contribution in [1.82, 2.24) is 4.57 Å². The van der Waals surface area contributed by atoms with E-state index in [4.69, 9.17) is 16.3 Å². The molecule has 1 heterocycles. The van der Waals surface area contributed by atoms with Crippen LogP contribution in [0.5, 0.6) is 0 Å². The summed E-state index contributed by atoms with van der Waals surface area (Å²) in [6.07, 6.45) is 0. The summed E-state index contributed by atoms with van der Waals surface area (Å²) in [5, 5.41) is 0.513. The normalized spacial score (nSPS) is 12.5. The van der Waals surface area contributed by atoms with Gasteiger partial charge in [-0.15, -0.1) is 4.40 Å². The molecule has 0 aliphatic rings. The standard InChI is InChI=1S/C17H15ClN2O4S2/c1-2-24-16(21)11-20-14-9-8-12(18)10-15(14)25-17(20)19-26(22,23)13-6-4-3-5-7-13/h3-10H,2,11H2,1H3/b19-17-. The van der Waals surface area contributed by atoms with Gasteiger partial charge in [-0.2, -0.15) is 8.42 Å². The lowest BCUT2D eigenvalue weighted by molar-refractivity contribution is -0.143. The maximum absolute atomic E-state index is 12.6. The lowest BCUT2D eigenvalue weighted by atomic mass is 10.3. The summed E-state index contributed by atoms with van der Waals surface area (Å²) in [5.74, 6) is -0.472. The molecule has 0 amide bonds. The highest BCUT2D eigenvalue weighted by Crippen LogP contribution is 2.22. The highest BCUT2D eigenvalue weighted by atomic mass is 35.5. The summed E-state index contributed by atoms with van der Waals surface area (Å²) in [6, 6.07) is 13.0. The van der Waals surface area contributed by atoms with Crippen molar-refractivity contribution in [3.05, 3.63) is 58.4 Å². The molecule has 0 radical (unpaired) electrons. The van der Waals surface area contributed by atoms with E-state index < -0.39 is 16.0 Å². The first-order valence-electron chi connectivity index (χ1n) is 7.71. The number of rotatable bonds is 5. The van der Waals surface area contributed by atoms with E-state index in [1.165, 1.54) is 16.7 Å². The maximum atomic E-state index is 12.6. The minimum atomic E-state index is -3.91. The number of fused-ring (bicyclic) bond motifs is 1. The fraction of sp³-hybridized carbons (Fsp3) is 0.176. The van der Waals surface area contributed by atoms with Gasteiger partial charge in [0.1, 0.15) is 6.54 Å². The molecule has 9 heteroatoms. The van der Waals surface area contributed by atoms with Crippen LogP contribution >= 0.6 is 22.9 Å². The number of benzene rings is 2. The van der Waals surface area contributed by atoms with E-state index in [0.717, 1.165) is 16.0 Å². The Hall–Kier alpha value is -2.16. The number of ether oxygens (including phenoxy) is 1. The number of nitrogens with zero attached hydrogens (tertiary/aromatic N) is 2. The molecule has 2 aromatic carbocycles. The molecule has 0 saturated carbocycles. The fourth-order valence-corrected chi connectivity index (χ4v) is 4.88. The first-order valence-corrected chi connectivity index (χ1v) is 10.3. The highest BCUT2D eigenvalue weighted by molar-refractivity contribution is 7.90. The Morgan fingerprint density at radius 1 is 1.23 bits per heavy atom. The first kappa shape index (κ1) is 18.6. The van der Waals surface area contributed by atoms with E-state index >= 15 is 0 Å². The largest absolute Gasteiger partial charge is 0.465 e. The zero-order valence-corrected chi connectivity index (χ0v) is 16.1. The number of carbonyl (C=O) groups excluding carboxylic acids is 1. The Bertz CT molecular complexity index is 1120. The Kier molecular flexibility index (Phi) is 5.45. The monoisotopic (exact) mass is 410 g/mol. The number of sulfonamides is 1. The Morgan fingerprint density at radius 2 is 1.96 bits per heavy atom. The summed E-state index contributed by atoms with van der Waals surface area (Å²) in [5.41, 5.74) is 0.662. The molecule has 3 aromatic rings. The van der Waals surface area contributed by atoms with E-state index in [9.17, 15) is 13.2 Å². The zero-order chi connectivity index (χ0) is 18.7. The summed E-state index contributed by atoms with van der Waals surface area (Å²) in [7, 11) is -3.91. The number of thiazole rings is 1. The second-order valence-corrected chi connectivity index (χ2v) is 8.32. The lowest BCUT2D eigenvalue weighted by Gasteiger charge is -2.05. The van der Waals surface area contributed by atoms with Gasteiger partial charge in [0.2, 0.25) is 4.80 Å². The molecule has 136 valence electrons. The van der Waals surface area contributed by atoms with Crippen molar-refractivity contribution in [2.75, 3.05) is 6.61 Å². The van der Waals surface area contributed by atoms with Gasteiger partial charge in [0, 0.05) is 5.02 Å². The molecule has 0 saturated heterocycles. The Morgan fingerprint density at radius 3 is 2.65 bits per heavy atom. The minimum Gasteiger partial charge on any atom is -0.465 e. The second-order valence-electron chi connectivity index (χ2n) is 5.27. The molecule has 6 nitrogen and oxygen atoms in total. The molecule has 0 spiro atoms. The van der Waals surface area contributed by atoms with Crippen LogP contribution < -0.4 is 4.80 Å². The van der Waals surface area contributed by atoms with E-state index in [2.05, 4.69) is 4.40 Å². The van der Waals surface area contributed by atoms with Gasteiger partial charge in [-0.05, 0) is 37.3 Å². The third-order valence-corrected chi connectivity index (χ3v) is 6.15. The van der Waals surface area contributed by atoms with Gasteiger partial charge >= 0.3 is 5.97 Å². The number of hydrogen-bond donors (Lipinski definition) is 0. The van der Waals surface area contributed by atoms with Crippen LogP contribution in [0.2, 0.25) is 5.02 Å². The molecule has 1 aromatic heterocycles. The van der Waals surface area contributed by atoms with Crippen LogP contribution in [0.15, 0.2) is 57.8 Å². The van der Waals surface area contributed by atoms with Gasteiger partial charge in [-0.1, -0.05) is 41.1 Å². The van der Waals surface area contributed by atoms with Crippen molar-refractivity contribution < 1.29 is 17.9 Å². The van der Waals surface area contributed by atoms with Crippen molar-refractivity contribution in [1.29, 1.82) is 0 Å². The number of halogens is 1. The topological polar surface area (TPSA) is 77.7 Å². The first-order chi connectivity index (χ1) is 12.4. The maximum Gasteiger partial charge on any atom is 0.326 e. The highest BCUT2D eigenvalue weighted by Gasteiger charge is 2.16. The van der Waals surface area contributed by atoms with Gasteiger partial charge in [0.15, 0.2) is 0 Å². The van der Waals surface area contributed by atoms with Crippen molar-refractivity contribution in [3.63, 3.8) is 0 Å². The predicted octanol–water partition coefficient (Wildman–Crippen LogP) is 3.21. The van der Waals surface area contributed by atoms with E-state index in [1.54, 1.807) is 43.3 Å². The molecule has 0 unspecified atom stereocenters. The van der Waals surface area contributed by atoms with E-state index in [1.807, 2.05) is 0 Å². The van der Waals surface area contributed by atoms with Gasteiger partial charge in [-0.25, -0.2) is 0 Å². The molecule has 0 atom stereocenters. The van der Waals surface area contributed by atoms with Gasteiger partial charge < -0.3 is 9.30 Å². The SMILES string of the molecule is CCOC(=O)Cn1/c(=N/S(=O)(=O)c2ccccc2)sc2cc(Cl)ccc21. The van der Waals surface area contributed by atoms with E-state index in [0.29, 0.717) is 10.5 Å². The lowest BCUT2D eigenvalue weighted by Crippen LogP contribution is -2.23. The Balaban J connectivity index is 2.19. The van der Waals surface area contributed by atoms with Crippen LogP contribution in [0.25, 0.3) is 10.2 Å².